The fourth-order valence-electron chi connectivity index (χ4n) is 1.76. The summed E-state index contributed by atoms with van der Waals surface area (Å²) in [6.07, 6.45) is -0.0538. The summed E-state index contributed by atoms with van der Waals surface area (Å²) in [7, 11) is 0. The Kier molecular flexibility index (Phi) is 4.71. The number of carbonyl (C=O) groups excluding carboxylic acids is 1. The van der Waals surface area contributed by atoms with Gasteiger partial charge >= 0.3 is 12.0 Å². The molecule has 0 radical (unpaired) electrons. The number of aromatic nitrogens is 1. The molecular weight excluding hydrogens is 294 g/mol. The fraction of sp³-hybridized carbons (Fsp3) is 0.308. The normalized spacial score (nSPS) is 12.1. The standard InChI is InChI=1S/C13H15N3O4S/c1-7-2-3-8-10(6-7)21-13(15-8)16-12(20)14-9(4-5-17)11(18)19/h2-3,6,9,17H,4-5H2,1H3,(H,18,19)(H2,14,15,16,20). The fourth-order valence-corrected chi connectivity index (χ4v) is 2.72. The highest BCUT2D eigenvalue weighted by molar-refractivity contribution is 7.22. The molecule has 7 nitrogen and oxygen atoms in total. The second kappa shape index (κ2) is 6.51. The first-order chi connectivity index (χ1) is 9.99. The number of amides is 2. The predicted octanol–water partition coefficient (Wildman–Crippen LogP) is 1.56. The van der Waals surface area contributed by atoms with Crippen LogP contribution in [-0.2, 0) is 4.79 Å². The average molecular weight is 309 g/mol. The number of carbonyl (C=O) groups is 2. The molecular formula is C13H15N3O4S. The number of nitrogens with one attached hydrogen (secondary N) is 2. The molecule has 2 amide bonds. The molecule has 0 spiro atoms. The number of rotatable bonds is 5. The third-order valence-electron chi connectivity index (χ3n) is 2.79. The van der Waals surface area contributed by atoms with E-state index in [2.05, 4.69) is 15.6 Å². The second-order valence-electron chi connectivity index (χ2n) is 4.49. The summed E-state index contributed by atoms with van der Waals surface area (Å²) in [4.78, 5) is 26.9. The zero-order chi connectivity index (χ0) is 15.4. The maximum Gasteiger partial charge on any atom is 0.326 e. The lowest BCUT2D eigenvalue weighted by molar-refractivity contribution is -0.139. The van der Waals surface area contributed by atoms with Crippen molar-refractivity contribution in [3.63, 3.8) is 0 Å². The summed E-state index contributed by atoms with van der Waals surface area (Å²) in [5.74, 6) is -1.20. The van der Waals surface area contributed by atoms with Crippen LogP contribution in [0.5, 0.6) is 0 Å². The van der Waals surface area contributed by atoms with E-state index in [9.17, 15) is 9.59 Å². The van der Waals surface area contributed by atoms with Crippen molar-refractivity contribution in [2.24, 2.45) is 0 Å². The van der Waals surface area contributed by atoms with Gasteiger partial charge in [0, 0.05) is 13.0 Å². The van der Waals surface area contributed by atoms with Gasteiger partial charge in [0.1, 0.15) is 6.04 Å². The molecule has 0 aliphatic rings. The number of hydrogen-bond donors (Lipinski definition) is 4. The van der Waals surface area contributed by atoms with Gasteiger partial charge in [0.15, 0.2) is 5.13 Å². The number of benzene rings is 1. The zero-order valence-corrected chi connectivity index (χ0v) is 12.1. The Morgan fingerprint density at radius 2 is 2.19 bits per heavy atom. The Morgan fingerprint density at radius 1 is 1.43 bits per heavy atom. The first-order valence-electron chi connectivity index (χ1n) is 6.28. The smallest absolute Gasteiger partial charge is 0.326 e. The van der Waals surface area contributed by atoms with Gasteiger partial charge in [-0.2, -0.15) is 0 Å². The van der Waals surface area contributed by atoms with Crippen LogP contribution in [0.1, 0.15) is 12.0 Å². The summed E-state index contributed by atoms with van der Waals surface area (Å²) >= 11 is 1.31. The van der Waals surface area contributed by atoms with E-state index in [1.807, 2.05) is 25.1 Å². The molecule has 1 aromatic heterocycles. The Morgan fingerprint density at radius 3 is 2.86 bits per heavy atom. The van der Waals surface area contributed by atoms with Gasteiger partial charge < -0.3 is 15.5 Å². The van der Waals surface area contributed by atoms with E-state index in [1.165, 1.54) is 11.3 Å². The topological polar surface area (TPSA) is 112 Å². The quantitative estimate of drug-likeness (QED) is 0.670. The van der Waals surface area contributed by atoms with E-state index >= 15 is 0 Å². The van der Waals surface area contributed by atoms with Crippen molar-refractivity contribution in [2.75, 3.05) is 11.9 Å². The molecule has 21 heavy (non-hydrogen) atoms. The molecule has 0 aliphatic carbocycles. The molecule has 2 aromatic rings. The minimum Gasteiger partial charge on any atom is -0.480 e. The molecule has 0 aliphatic heterocycles. The van der Waals surface area contributed by atoms with Crippen molar-refractivity contribution in [1.29, 1.82) is 0 Å². The minimum atomic E-state index is -1.20. The number of aliphatic carboxylic acids is 1. The molecule has 1 heterocycles. The Labute approximate surface area is 124 Å². The summed E-state index contributed by atoms with van der Waals surface area (Å²) < 4.78 is 0.940. The molecule has 8 heteroatoms. The van der Waals surface area contributed by atoms with E-state index in [4.69, 9.17) is 10.2 Å². The number of hydrogen-bond acceptors (Lipinski definition) is 5. The molecule has 112 valence electrons. The van der Waals surface area contributed by atoms with Gasteiger partial charge in [0.2, 0.25) is 0 Å². The number of aliphatic hydroxyl groups is 1. The second-order valence-corrected chi connectivity index (χ2v) is 5.52. The SMILES string of the molecule is Cc1ccc2nc(NC(=O)NC(CCO)C(=O)O)sc2c1. The van der Waals surface area contributed by atoms with E-state index in [0.29, 0.717) is 5.13 Å². The van der Waals surface area contributed by atoms with Crippen molar-refractivity contribution < 1.29 is 19.8 Å². The van der Waals surface area contributed by atoms with Gasteiger partial charge in [0.05, 0.1) is 10.2 Å². The van der Waals surface area contributed by atoms with Gasteiger partial charge in [-0.25, -0.2) is 14.6 Å². The number of fused-ring (bicyclic) bond motifs is 1. The minimum absolute atomic E-state index is 0.0538. The van der Waals surface area contributed by atoms with Crippen LogP contribution in [0.4, 0.5) is 9.93 Å². The number of carboxylic acids is 1. The van der Waals surface area contributed by atoms with E-state index in [0.717, 1.165) is 15.8 Å². The van der Waals surface area contributed by atoms with Crippen LogP contribution in [0.15, 0.2) is 18.2 Å². The van der Waals surface area contributed by atoms with Crippen LogP contribution in [0.2, 0.25) is 0 Å². The van der Waals surface area contributed by atoms with Crippen molar-refractivity contribution in [1.82, 2.24) is 10.3 Å². The zero-order valence-electron chi connectivity index (χ0n) is 11.3. The Hall–Kier alpha value is -2.19. The predicted molar refractivity (Wildman–Crippen MR) is 79.6 cm³/mol. The van der Waals surface area contributed by atoms with Gasteiger partial charge in [0.25, 0.3) is 0 Å². The van der Waals surface area contributed by atoms with E-state index < -0.39 is 18.0 Å². The molecule has 1 unspecified atom stereocenters. The number of aliphatic hydroxyl groups excluding tert-OH is 1. The number of aryl methyl sites for hydroxylation is 1. The van der Waals surface area contributed by atoms with Crippen LogP contribution >= 0.6 is 11.3 Å². The molecule has 1 atom stereocenters. The summed E-state index contributed by atoms with van der Waals surface area (Å²) in [6, 6.07) is 3.95. The maximum absolute atomic E-state index is 11.7. The lowest BCUT2D eigenvalue weighted by Gasteiger charge is -2.12. The summed E-state index contributed by atoms with van der Waals surface area (Å²) in [5, 5.41) is 22.8. The maximum atomic E-state index is 11.7. The van der Waals surface area contributed by atoms with Crippen molar-refractivity contribution in [3.05, 3.63) is 23.8 Å². The molecule has 0 saturated heterocycles. The highest BCUT2D eigenvalue weighted by Gasteiger charge is 2.19. The third kappa shape index (κ3) is 3.89. The molecule has 2 rings (SSSR count). The first kappa shape index (κ1) is 15.2. The van der Waals surface area contributed by atoms with Gasteiger partial charge in [-0.1, -0.05) is 17.4 Å². The summed E-state index contributed by atoms with van der Waals surface area (Å²) in [5.41, 5.74) is 1.86. The highest BCUT2D eigenvalue weighted by Crippen LogP contribution is 2.26. The lowest BCUT2D eigenvalue weighted by atomic mass is 10.2. The third-order valence-corrected chi connectivity index (χ3v) is 3.72. The van der Waals surface area contributed by atoms with Crippen LogP contribution in [0, 0.1) is 6.92 Å². The Balaban J connectivity index is 2.05. The van der Waals surface area contributed by atoms with E-state index in [-0.39, 0.29) is 13.0 Å². The molecule has 4 N–H and O–H groups in total. The van der Waals surface area contributed by atoms with Gasteiger partial charge in [-0.3, -0.25) is 5.32 Å². The van der Waals surface area contributed by atoms with Gasteiger partial charge in [-0.05, 0) is 24.6 Å². The van der Waals surface area contributed by atoms with Crippen LogP contribution in [0.25, 0.3) is 10.2 Å². The largest absolute Gasteiger partial charge is 0.480 e. The van der Waals surface area contributed by atoms with Crippen molar-refractivity contribution >= 4 is 38.7 Å². The van der Waals surface area contributed by atoms with Crippen molar-refractivity contribution in [2.45, 2.75) is 19.4 Å². The average Bonchev–Trinajstić information content (AvgIpc) is 2.79. The molecule has 0 saturated carbocycles. The van der Waals surface area contributed by atoms with E-state index in [1.54, 1.807) is 0 Å². The highest BCUT2D eigenvalue weighted by atomic mass is 32.1. The number of carboxylic acid groups (broad SMARTS) is 1. The van der Waals surface area contributed by atoms with Gasteiger partial charge in [-0.15, -0.1) is 0 Å². The molecule has 0 fully saturated rings. The van der Waals surface area contributed by atoms with Crippen LogP contribution in [-0.4, -0.2) is 39.8 Å². The van der Waals surface area contributed by atoms with Crippen LogP contribution in [0.3, 0.4) is 0 Å². The molecule has 1 aromatic carbocycles. The number of thiazole rings is 1. The Bertz CT molecular complexity index is 670. The van der Waals surface area contributed by atoms with Crippen LogP contribution < -0.4 is 10.6 Å². The lowest BCUT2D eigenvalue weighted by Crippen LogP contribution is -2.43. The van der Waals surface area contributed by atoms with Crippen molar-refractivity contribution in [3.8, 4) is 0 Å². The monoisotopic (exact) mass is 309 g/mol. The summed E-state index contributed by atoms with van der Waals surface area (Å²) in [6.45, 7) is 1.64. The molecule has 0 bridgehead atoms. The number of nitrogens with zero attached hydrogens (tertiary/aromatic N) is 1. The first-order valence-corrected chi connectivity index (χ1v) is 7.09. The number of anilines is 1. The number of urea groups is 1.